The smallest absolute Gasteiger partial charge is 0.410 e. The average molecular weight is 399 g/mol. The molecule has 0 radical (unpaired) electrons. The molecule has 8 heteroatoms. The van der Waals surface area contributed by atoms with Crippen molar-refractivity contribution in [3.63, 3.8) is 0 Å². The Bertz CT molecular complexity index is 651. The van der Waals surface area contributed by atoms with Gasteiger partial charge in [-0.15, -0.1) is 0 Å². The summed E-state index contributed by atoms with van der Waals surface area (Å²) in [6.45, 7) is 10.2. The predicted octanol–water partition coefficient (Wildman–Crippen LogP) is 4.22. The molecule has 1 aromatic heterocycles. The van der Waals surface area contributed by atoms with E-state index in [1.165, 1.54) is 0 Å². The van der Waals surface area contributed by atoms with E-state index in [-0.39, 0.29) is 24.1 Å². The minimum atomic E-state index is -1.03. The fraction of sp³-hybridized carbons (Fsp3) is 0.684. The number of rotatable bonds is 6. The van der Waals surface area contributed by atoms with E-state index in [2.05, 4.69) is 10.3 Å². The van der Waals surface area contributed by atoms with E-state index in [4.69, 9.17) is 9.88 Å². The van der Waals surface area contributed by atoms with Crippen LogP contribution >= 0.6 is 11.9 Å². The Morgan fingerprint density at radius 2 is 2.22 bits per heavy atom. The maximum Gasteiger partial charge on any atom is 0.410 e. The molecule has 0 bridgehead atoms. The predicted molar refractivity (Wildman–Crippen MR) is 107 cm³/mol. The minimum absolute atomic E-state index is 0.100. The third kappa shape index (κ3) is 6.53. The molecule has 1 saturated heterocycles. The molecule has 0 aliphatic carbocycles. The molecule has 3 N–H and O–H groups in total. The average Bonchev–Trinajstić information content (AvgIpc) is 2.85. The lowest BCUT2D eigenvalue weighted by Crippen LogP contribution is -2.45. The Balaban J connectivity index is 1.87. The molecule has 2 atom stereocenters. The van der Waals surface area contributed by atoms with Crippen LogP contribution in [-0.2, 0) is 4.74 Å². The summed E-state index contributed by atoms with van der Waals surface area (Å²) >= 11 is 1.06. The molecule has 0 saturated carbocycles. The van der Waals surface area contributed by atoms with Crippen LogP contribution in [0.2, 0.25) is 0 Å². The second-order valence-electron chi connectivity index (χ2n) is 8.67. The highest BCUT2D eigenvalue weighted by Gasteiger charge is 2.43. The summed E-state index contributed by atoms with van der Waals surface area (Å²) in [4.78, 5) is 18.5. The van der Waals surface area contributed by atoms with Gasteiger partial charge in [-0.25, -0.2) is 14.2 Å². The molecule has 0 spiro atoms. The van der Waals surface area contributed by atoms with Crippen LogP contribution in [0.4, 0.5) is 15.0 Å². The van der Waals surface area contributed by atoms with E-state index in [1.807, 2.05) is 40.7 Å². The summed E-state index contributed by atoms with van der Waals surface area (Å²) in [7, 11) is 0. The molecule has 1 aliphatic rings. The zero-order valence-electron chi connectivity index (χ0n) is 16.8. The number of nitrogens with one attached hydrogen (secondary N) is 1. The Hall–Kier alpha value is -1.54. The number of nitrogens with zero attached hydrogens (tertiary/aromatic N) is 2. The van der Waals surface area contributed by atoms with Gasteiger partial charge in [0.2, 0.25) is 0 Å². The Labute approximate surface area is 165 Å². The maximum absolute atomic E-state index is 14.5. The van der Waals surface area contributed by atoms with Crippen molar-refractivity contribution >= 4 is 23.9 Å². The molecule has 152 valence electrons. The summed E-state index contributed by atoms with van der Waals surface area (Å²) in [6.07, 6.45) is -0.213. The van der Waals surface area contributed by atoms with Crippen LogP contribution in [-0.4, -0.2) is 46.4 Å². The van der Waals surface area contributed by atoms with Gasteiger partial charge in [0.05, 0.1) is 0 Å². The van der Waals surface area contributed by atoms with Crippen LogP contribution in [0, 0.1) is 5.92 Å². The van der Waals surface area contributed by atoms with Gasteiger partial charge in [0, 0.05) is 18.6 Å². The first-order valence-corrected chi connectivity index (χ1v) is 10.1. The second kappa shape index (κ2) is 8.65. The van der Waals surface area contributed by atoms with E-state index in [9.17, 15) is 9.18 Å². The third-order valence-electron chi connectivity index (χ3n) is 4.51. The molecule has 2 unspecified atom stereocenters. The van der Waals surface area contributed by atoms with Crippen LogP contribution in [0.5, 0.6) is 0 Å². The highest BCUT2D eigenvalue weighted by molar-refractivity contribution is 7.97. The normalized spacial score (nSPS) is 20.4. The number of likely N-dealkylation sites (tertiary alicyclic amines) is 1. The summed E-state index contributed by atoms with van der Waals surface area (Å²) in [5.74, 6) is 0.707. The Kier molecular flexibility index (Phi) is 6.97. The van der Waals surface area contributed by atoms with Crippen molar-refractivity contribution in [3.8, 4) is 0 Å². The number of anilines is 1. The maximum atomic E-state index is 14.5. The largest absolute Gasteiger partial charge is 0.444 e. The molecule has 27 heavy (non-hydrogen) atoms. The van der Waals surface area contributed by atoms with Gasteiger partial charge in [-0.1, -0.05) is 6.07 Å². The van der Waals surface area contributed by atoms with Crippen molar-refractivity contribution in [2.24, 2.45) is 11.1 Å². The van der Waals surface area contributed by atoms with Gasteiger partial charge in [0.15, 0.2) is 0 Å². The van der Waals surface area contributed by atoms with Crippen LogP contribution in [0.25, 0.3) is 0 Å². The van der Waals surface area contributed by atoms with Gasteiger partial charge in [-0.2, -0.15) is 0 Å². The number of carbonyl (C=O) groups excluding carboxylic acids is 1. The van der Waals surface area contributed by atoms with Gasteiger partial charge in [0.25, 0.3) is 0 Å². The van der Waals surface area contributed by atoms with E-state index >= 15 is 0 Å². The molecular formula is C19H31FN4O2S. The highest BCUT2D eigenvalue weighted by Crippen LogP contribution is 2.36. The summed E-state index contributed by atoms with van der Waals surface area (Å²) < 4.78 is 20.0. The Morgan fingerprint density at radius 1 is 1.52 bits per heavy atom. The zero-order chi connectivity index (χ0) is 20.2. The van der Waals surface area contributed by atoms with Gasteiger partial charge in [-0.05, 0) is 77.5 Å². The summed E-state index contributed by atoms with van der Waals surface area (Å²) in [5.41, 5.74) is -0.879. The number of amides is 1. The van der Waals surface area contributed by atoms with E-state index in [0.717, 1.165) is 18.4 Å². The molecular weight excluding hydrogens is 367 g/mol. The number of carbonyl (C=O) groups is 1. The lowest BCUT2D eigenvalue weighted by molar-refractivity contribution is 0.0130. The van der Waals surface area contributed by atoms with Gasteiger partial charge in [-0.3, -0.25) is 5.14 Å². The number of hydrogen-bond donors (Lipinski definition) is 2. The number of aromatic nitrogens is 1. The molecule has 1 aliphatic heterocycles. The van der Waals surface area contributed by atoms with Gasteiger partial charge in [0.1, 0.15) is 22.6 Å². The number of pyridine rings is 1. The quantitative estimate of drug-likeness (QED) is 0.698. The fourth-order valence-electron chi connectivity index (χ4n) is 3.42. The number of hydrogen-bond acceptors (Lipinski definition) is 6. The van der Waals surface area contributed by atoms with Crippen LogP contribution < -0.4 is 10.5 Å². The van der Waals surface area contributed by atoms with Crippen LogP contribution in [0.1, 0.15) is 47.5 Å². The fourth-order valence-corrected chi connectivity index (χ4v) is 3.73. The summed E-state index contributed by atoms with van der Waals surface area (Å²) in [5, 5.41) is 9.19. The molecule has 1 amide bonds. The van der Waals surface area contributed by atoms with Gasteiger partial charge >= 0.3 is 6.09 Å². The monoisotopic (exact) mass is 398 g/mol. The van der Waals surface area contributed by atoms with Gasteiger partial charge < -0.3 is 15.0 Å². The van der Waals surface area contributed by atoms with E-state index in [0.29, 0.717) is 23.8 Å². The SMILES string of the molecule is CC(C)(C)OC(=O)N1CC(CC(F)CNc2cccc(SN)n2)CC1(C)C. The first kappa shape index (κ1) is 21.8. The first-order valence-electron chi connectivity index (χ1n) is 9.22. The van der Waals surface area contributed by atoms with Crippen molar-refractivity contribution in [1.82, 2.24) is 9.88 Å². The van der Waals surface area contributed by atoms with Crippen molar-refractivity contribution in [2.45, 2.75) is 69.8 Å². The molecule has 1 aromatic rings. The number of alkyl halides is 1. The lowest BCUT2D eigenvalue weighted by Gasteiger charge is -2.33. The number of nitrogens with two attached hydrogens (primary N) is 1. The second-order valence-corrected chi connectivity index (χ2v) is 9.32. The van der Waals surface area contributed by atoms with E-state index in [1.54, 1.807) is 17.0 Å². The minimum Gasteiger partial charge on any atom is -0.444 e. The number of ether oxygens (including phenoxy) is 1. The lowest BCUT2D eigenvalue weighted by atomic mass is 9.93. The third-order valence-corrected chi connectivity index (χ3v) is 4.98. The number of halogens is 1. The molecule has 0 aromatic carbocycles. The Morgan fingerprint density at radius 3 is 2.85 bits per heavy atom. The molecule has 2 rings (SSSR count). The van der Waals surface area contributed by atoms with Crippen molar-refractivity contribution in [2.75, 3.05) is 18.4 Å². The zero-order valence-corrected chi connectivity index (χ0v) is 17.6. The molecule has 1 fully saturated rings. The standard InChI is InChI=1S/C19H31FN4O2S/c1-18(2,3)26-17(25)24-12-13(10-19(24,4)5)9-14(20)11-22-15-7-6-8-16(23-15)27-21/h6-8,13-14H,9-12,21H2,1-5H3,(H,22,23). The van der Waals surface area contributed by atoms with Crippen molar-refractivity contribution < 1.29 is 13.9 Å². The highest BCUT2D eigenvalue weighted by atomic mass is 32.2. The first-order chi connectivity index (χ1) is 12.5. The van der Waals surface area contributed by atoms with Crippen molar-refractivity contribution in [1.29, 1.82) is 0 Å². The topological polar surface area (TPSA) is 80.5 Å². The van der Waals surface area contributed by atoms with E-state index < -0.39 is 11.8 Å². The van der Waals surface area contributed by atoms with Crippen LogP contribution in [0.3, 0.4) is 0 Å². The van der Waals surface area contributed by atoms with Crippen molar-refractivity contribution in [3.05, 3.63) is 18.2 Å². The molecule has 6 nitrogen and oxygen atoms in total. The molecule has 2 heterocycles. The summed E-state index contributed by atoms with van der Waals surface area (Å²) in [6, 6.07) is 5.42. The van der Waals surface area contributed by atoms with Crippen LogP contribution in [0.15, 0.2) is 23.2 Å².